The zero-order chi connectivity index (χ0) is 12.9. The quantitative estimate of drug-likeness (QED) is 0.717. The van der Waals surface area contributed by atoms with Crippen LogP contribution in [0.4, 0.5) is 0 Å². The molecule has 1 fully saturated rings. The van der Waals surface area contributed by atoms with E-state index in [-0.39, 0.29) is 0 Å². The third kappa shape index (κ3) is 6.38. The summed E-state index contributed by atoms with van der Waals surface area (Å²) >= 11 is 0. The molecule has 0 spiro atoms. The summed E-state index contributed by atoms with van der Waals surface area (Å²) in [5, 5.41) is 3.46. The SMILES string of the molecule is CC(NCCCS(C)(=O)=O)C1CCN(C)CC1. The van der Waals surface area contributed by atoms with Crippen LogP contribution >= 0.6 is 0 Å². The number of likely N-dealkylation sites (tertiary alicyclic amines) is 1. The predicted octanol–water partition coefficient (Wildman–Crippen LogP) is 0.741. The van der Waals surface area contributed by atoms with E-state index in [9.17, 15) is 8.42 Å². The standard InChI is InChI=1S/C12H26N2O2S/c1-11(12-5-8-14(2)9-6-12)13-7-4-10-17(3,15)16/h11-13H,4-10H2,1-3H3. The summed E-state index contributed by atoms with van der Waals surface area (Å²) in [5.74, 6) is 1.03. The summed E-state index contributed by atoms with van der Waals surface area (Å²) in [5.41, 5.74) is 0. The molecule has 0 aromatic heterocycles. The molecule has 0 aromatic carbocycles. The lowest BCUT2D eigenvalue weighted by molar-refractivity contribution is 0.190. The van der Waals surface area contributed by atoms with Gasteiger partial charge in [-0.15, -0.1) is 0 Å². The van der Waals surface area contributed by atoms with Gasteiger partial charge in [-0.3, -0.25) is 0 Å². The van der Waals surface area contributed by atoms with Crippen molar-refractivity contribution >= 4 is 9.84 Å². The molecule has 17 heavy (non-hydrogen) atoms. The maximum absolute atomic E-state index is 11.0. The van der Waals surface area contributed by atoms with Crippen LogP contribution in [-0.2, 0) is 9.84 Å². The first kappa shape index (κ1) is 14.9. The van der Waals surface area contributed by atoms with E-state index in [2.05, 4.69) is 24.2 Å². The maximum Gasteiger partial charge on any atom is 0.147 e. The number of nitrogens with zero attached hydrogens (tertiary/aromatic N) is 1. The van der Waals surface area contributed by atoms with Crippen molar-refractivity contribution in [3.63, 3.8) is 0 Å². The third-order valence-electron chi connectivity index (χ3n) is 3.63. The molecule has 1 aliphatic heterocycles. The summed E-state index contributed by atoms with van der Waals surface area (Å²) in [4.78, 5) is 2.37. The minimum absolute atomic E-state index is 0.292. The fourth-order valence-electron chi connectivity index (χ4n) is 2.36. The number of hydrogen-bond acceptors (Lipinski definition) is 4. The van der Waals surface area contributed by atoms with E-state index < -0.39 is 9.84 Å². The van der Waals surface area contributed by atoms with Crippen molar-refractivity contribution in [1.29, 1.82) is 0 Å². The summed E-state index contributed by atoms with van der Waals surface area (Å²) in [6.07, 6.45) is 4.51. The van der Waals surface area contributed by atoms with Gasteiger partial charge in [0.25, 0.3) is 0 Å². The average Bonchev–Trinajstić information content (AvgIpc) is 2.24. The van der Waals surface area contributed by atoms with Gasteiger partial charge in [-0.05, 0) is 58.8 Å². The van der Waals surface area contributed by atoms with E-state index in [0.29, 0.717) is 11.8 Å². The second kappa shape index (κ2) is 6.71. The molecule has 1 N–H and O–H groups in total. The molecule has 0 bridgehead atoms. The van der Waals surface area contributed by atoms with Gasteiger partial charge in [0.05, 0.1) is 5.75 Å². The van der Waals surface area contributed by atoms with Gasteiger partial charge >= 0.3 is 0 Å². The van der Waals surface area contributed by atoms with Crippen LogP contribution in [0.25, 0.3) is 0 Å². The highest BCUT2D eigenvalue weighted by Gasteiger charge is 2.21. The highest BCUT2D eigenvalue weighted by molar-refractivity contribution is 7.90. The monoisotopic (exact) mass is 262 g/mol. The maximum atomic E-state index is 11.0. The molecule has 0 aromatic rings. The van der Waals surface area contributed by atoms with E-state index in [1.54, 1.807) is 0 Å². The largest absolute Gasteiger partial charge is 0.314 e. The first-order chi connectivity index (χ1) is 7.88. The van der Waals surface area contributed by atoms with Crippen molar-refractivity contribution in [1.82, 2.24) is 10.2 Å². The van der Waals surface area contributed by atoms with Crippen molar-refractivity contribution in [2.75, 3.05) is 38.7 Å². The van der Waals surface area contributed by atoms with Gasteiger partial charge in [-0.2, -0.15) is 0 Å². The summed E-state index contributed by atoms with van der Waals surface area (Å²) in [7, 11) is -0.634. The molecule has 1 unspecified atom stereocenters. The topological polar surface area (TPSA) is 49.4 Å². The molecule has 0 amide bonds. The average molecular weight is 262 g/mol. The molecule has 0 aliphatic carbocycles. The first-order valence-corrected chi connectivity index (χ1v) is 8.54. The van der Waals surface area contributed by atoms with E-state index in [0.717, 1.165) is 18.9 Å². The van der Waals surface area contributed by atoms with Crippen LogP contribution in [0.15, 0.2) is 0 Å². The molecule has 1 atom stereocenters. The normalized spacial score (nSPS) is 21.6. The van der Waals surface area contributed by atoms with Crippen molar-refractivity contribution in [3.05, 3.63) is 0 Å². The smallest absolute Gasteiger partial charge is 0.147 e. The van der Waals surface area contributed by atoms with Gasteiger partial charge < -0.3 is 10.2 Å². The zero-order valence-corrected chi connectivity index (χ0v) is 12.1. The Morgan fingerprint density at radius 2 is 1.94 bits per heavy atom. The number of rotatable bonds is 6. The summed E-state index contributed by atoms with van der Waals surface area (Å²) < 4.78 is 22.0. The second-order valence-electron chi connectivity index (χ2n) is 5.37. The van der Waals surface area contributed by atoms with E-state index in [4.69, 9.17) is 0 Å². The molecular weight excluding hydrogens is 236 g/mol. The Bertz CT molecular complexity index is 308. The molecular formula is C12H26N2O2S. The lowest BCUT2D eigenvalue weighted by Gasteiger charge is -2.33. The van der Waals surface area contributed by atoms with Gasteiger partial charge in [-0.1, -0.05) is 0 Å². The highest BCUT2D eigenvalue weighted by atomic mass is 32.2. The predicted molar refractivity (Wildman–Crippen MR) is 72.0 cm³/mol. The molecule has 4 nitrogen and oxygen atoms in total. The first-order valence-electron chi connectivity index (χ1n) is 6.48. The Kier molecular flexibility index (Phi) is 5.89. The fourth-order valence-corrected chi connectivity index (χ4v) is 3.03. The van der Waals surface area contributed by atoms with E-state index in [1.165, 1.54) is 32.2 Å². The van der Waals surface area contributed by atoms with Crippen molar-refractivity contribution in [3.8, 4) is 0 Å². The van der Waals surface area contributed by atoms with Gasteiger partial charge in [0.15, 0.2) is 0 Å². The van der Waals surface area contributed by atoms with Crippen LogP contribution in [-0.4, -0.2) is 58.1 Å². The lowest BCUT2D eigenvalue weighted by atomic mass is 9.90. The molecule has 1 aliphatic rings. The Morgan fingerprint density at radius 1 is 1.35 bits per heavy atom. The Morgan fingerprint density at radius 3 is 2.47 bits per heavy atom. The van der Waals surface area contributed by atoms with Crippen LogP contribution in [0.3, 0.4) is 0 Å². The Labute approximate surface area is 106 Å². The van der Waals surface area contributed by atoms with Crippen LogP contribution in [0.2, 0.25) is 0 Å². The molecule has 1 heterocycles. The van der Waals surface area contributed by atoms with Gasteiger partial charge in [0.1, 0.15) is 9.84 Å². The molecule has 1 rings (SSSR count). The Balaban J connectivity index is 2.14. The second-order valence-corrected chi connectivity index (χ2v) is 7.63. The minimum Gasteiger partial charge on any atom is -0.314 e. The molecule has 0 saturated carbocycles. The number of piperidine rings is 1. The minimum atomic E-state index is -2.80. The van der Waals surface area contributed by atoms with Crippen molar-refractivity contribution in [2.45, 2.75) is 32.2 Å². The van der Waals surface area contributed by atoms with Gasteiger partial charge in [0.2, 0.25) is 0 Å². The van der Waals surface area contributed by atoms with Gasteiger partial charge in [0, 0.05) is 12.3 Å². The molecule has 1 saturated heterocycles. The van der Waals surface area contributed by atoms with E-state index in [1.807, 2.05) is 0 Å². The number of sulfone groups is 1. The van der Waals surface area contributed by atoms with Crippen molar-refractivity contribution in [2.24, 2.45) is 5.92 Å². The number of nitrogens with one attached hydrogen (secondary N) is 1. The lowest BCUT2D eigenvalue weighted by Crippen LogP contribution is -2.41. The third-order valence-corrected chi connectivity index (χ3v) is 4.66. The zero-order valence-electron chi connectivity index (χ0n) is 11.3. The van der Waals surface area contributed by atoms with E-state index >= 15 is 0 Å². The van der Waals surface area contributed by atoms with Gasteiger partial charge in [-0.25, -0.2) is 8.42 Å². The van der Waals surface area contributed by atoms with Crippen molar-refractivity contribution < 1.29 is 8.42 Å². The summed E-state index contributed by atoms with van der Waals surface area (Å²) in [6, 6.07) is 0.503. The molecule has 102 valence electrons. The molecule has 0 radical (unpaired) electrons. The van der Waals surface area contributed by atoms with Crippen LogP contribution < -0.4 is 5.32 Å². The van der Waals surface area contributed by atoms with Crippen LogP contribution in [0.5, 0.6) is 0 Å². The highest BCUT2D eigenvalue weighted by Crippen LogP contribution is 2.19. The Hall–Kier alpha value is -0.130. The molecule has 5 heteroatoms. The fraction of sp³-hybridized carbons (Fsp3) is 1.00. The van der Waals surface area contributed by atoms with Crippen LogP contribution in [0.1, 0.15) is 26.2 Å². The van der Waals surface area contributed by atoms with Crippen LogP contribution in [0, 0.1) is 5.92 Å². The number of hydrogen-bond donors (Lipinski definition) is 1. The summed E-state index contributed by atoms with van der Waals surface area (Å²) in [6.45, 7) is 5.39.